The molecule has 2 heterocycles. The second kappa shape index (κ2) is 9.05. The lowest BCUT2D eigenvalue weighted by Gasteiger charge is -2.34. The van der Waals surface area contributed by atoms with Gasteiger partial charge >= 0.3 is 0 Å². The maximum atomic E-state index is 12.6. The average Bonchev–Trinajstić information content (AvgIpc) is 3.00. The lowest BCUT2D eigenvalue weighted by atomic mass is 10.1. The van der Waals surface area contributed by atoms with Crippen molar-refractivity contribution in [3.8, 4) is 5.69 Å². The number of aromatic nitrogens is 2. The van der Waals surface area contributed by atoms with E-state index in [1.54, 1.807) is 11.0 Å². The molecule has 0 aliphatic carbocycles. The van der Waals surface area contributed by atoms with Gasteiger partial charge in [-0.2, -0.15) is 5.10 Å². The van der Waals surface area contributed by atoms with Crippen LogP contribution < -0.4 is 0 Å². The van der Waals surface area contributed by atoms with Crippen molar-refractivity contribution in [2.75, 3.05) is 46.8 Å². The van der Waals surface area contributed by atoms with Crippen LogP contribution in [-0.4, -0.2) is 83.1 Å². The van der Waals surface area contributed by atoms with Gasteiger partial charge in [0.2, 0.25) is 11.8 Å². The van der Waals surface area contributed by atoms with Crippen molar-refractivity contribution in [1.82, 2.24) is 24.5 Å². The summed E-state index contributed by atoms with van der Waals surface area (Å²) in [6, 6.07) is 9.95. The van der Waals surface area contributed by atoms with Crippen LogP contribution in [0.3, 0.4) is 0 Å². The predicted molar refractivity (Wildman–Crippen MR) is 114 cm³/mol. The third kappa shape index (κ3) is 4.92. The molecule has 0 unspecified atom stereocenters. The third-order valence-electron chi connectivity index (χ3n) is 5.14. The van der Waals surface area contributed by atoms with Gasteiger partial charge in [0.25, 0.3) is 0 Å². The van der Waals surface area contributed by atoms with Gasteiger partial charge in [0.1, 0.15) is 0 Å². The zero-order chi connectivity index (χ0) is 21.0. The molecule has 0 radical (unpaired) electrons. The minimum atomic E-state index is -0.0315. The van der Waals surface area contributed by atoms with Crippen molar-refractivity contribution in [2.24, 2.45) is 0 Å². The van der Waals surface area contributed by atoms with Crippen LogP contribution in [0, 0.1) is 13.8 Å². The predicted octanol–water partition coefficient (Wildman–Crippen LogP) is 1.73. The van der Waals surface area contributed by atoms with Crippen molar-refractivity contribution in [1.29, 1.82) is 0 Å². The first-order chi connectivity index (χ1) is 13.9. The maximum Gasteiger partial charge on any atom is 0.246 e. The summed E-state index contributed by atoms with van der Waals surface area (Å²) in [5.41, 5.74) is 3.84. The van der Waals surface area contributed by atoms with Gasteiger partial charge in [-0.25, -0.2) is 4.68 Å². The fraction of sp³-hybridized carbons (Fsp3) is 0.409. The fourth-order valence-corrected chi connectivity index (χ4v) is 3.52. The number of hydrogen-bond acceptors (Lipinski definition) is 4. The SMILES string of the molecule is Cc1nn(-c2ccccc2)c(C)c1C=CC(=O)N1CCN(C(=O)CN(C)C)CC1. The molecular weight excluding hydrogens is 366 g/mol. The molecule has 0 N–H and O–H groups in total. The number of piperazine rings is 1. The van der Waals surface area contributed by atoms with Crippen molar-refractivity contribution in [3.63, 3.8) is 0 Å². The Morgan fingerprint density at radius 2 is 1.66 bits per heavy atom. The van der Waals surface area contributed by atoms with Crippen LogP contribution in [0.25, 0.3) is 11.8 Å². The molecular formula is C22H29N5O2. The summed E-state index contributed by atoms with van der Waals surface area (Å²) in [5, 5.41) is 4.62. The van der Waals surface area contributed by atoms with Crippen molar-refractivity contribution in [2.45, 2.75) is 13.8 Å². The molecule has 2 aromatic rings. The highest BCUT2D eigenvalue weighted by atomic mass is 16.2. The molecule has 7 heteroatoms. The number of amides is 2. The van der Waals surface area contributed by atoms with Crippen molar-refractivity contribution < 1.29 is 9.59 Å². The summed E-state index contributed by atoms with van der Waals surface area (Å²) < 4.78 is 1.90. The molecule has 1 fully saturated rings. The Hall–Kier alpha value is -2.93. The largest absolute Gasteiger partial charge is 0.338 e. The molecule has 2 amide bonds. The van der Waals surface area contributed by atoms with Crippen LogP contribution in [-0.2, 0) is 9.59 Å². The summed E-state index contributed by atoms with van der Waals surface area (Å²) >= 11 is 0. The van der Waals surface area contributed by atoms with Crippen LogP contribution in [0.5, 0.6) is 0 Å². The molecule has 29 heavy (non-hydrogen) atoms. The topological polar surface area (TPSA) is 61.7 Å². The van der Waals surface area contributed by atoms with Crippen molar-refractivity contribution in [3.05, 3.63) is 53.4 Å². The number of likely N-dealkylation sites (N-methyl/N-ethyl adjacent to an activating group) is 1. The monoisotopic (exact) mass is 395 g/mol. The second-order valence-corrected chi connectivity index (χ2v) is 7.61. The molecule has 7 nitrogen and oxygen atoms in total. The van der Waals surface area contributed by atoms with Crippen LogP contribution in [0.15, 0.2) is 36.4 Å². The third-order valence-corrected chi connectivity index (χ3v) is 5.14. The van der Waals surface area contributed by atoms with E-state index in [1.807, 2.05) is 78.8 Å². The molecule has 1 aromatic heterocycles. The number of carbonyl (C=O) groups is 2. The molecule has 0 saturated carbocycles. The van der Waals surface area contributed by atoms with E-state index in [4.69, 9.17) is 0 Å². The molecule has 0 atom stereocenters. The normalized spacial score (nSPS) is 14.8. The van der Waals surface area contributed by atoms with E-state index >= 15 is 0 Å². The number of para-hydroxylation sites is 1. The van der Waals surface area contributed by atoms with Gasteiger partial charge in [0.05, 0.1) is 17.9 Å². The Morgan fingerprint density at radius 3 is 2.28 bits per heavy atom. The van der Waals surface area contributed by atoms with Gasteiger partial charge in [-0.05, 0) is 46.2 Å². The Balaban J connectivity index is 1.63. The molecule has 3 rings (SSSR count). The zero-order valence-electron chi connectivity index (χ0n) is 17.6. The number of nitrogens with zero attached hydrogens (tertiary/aromatic N) is 5. The lowest BCUT2D eigenvalue weighted by Crippen LogP contribution is -2.51. The quantitative estimate of drug-likeness (QED) is 0.724. The van der Waals surface area contributed by atoms with E-state index < -0.39 is 0 Å². The van der Waals surface area contributed by atoms with Gasteiger partial charge in [0, 0.05) is 43.5 Å². The van der Waals surface area contributed by atoms with E-state index in [9.17, 15) is 9.59 Å². The standard InChI is InChI=1S/C22H29N5O2/c1-17-20(18(2)27(23-17)19-8-6-5-7-9-19)10-11-21(28)25-12-14-26(15-13-25)22(29)16-24(3)4/h5-11H,12-16H2,1-4H3. The van der Waals surface area contributed by atoms with E-state index in [-0.39, 0.29) is 11.8 Å². The van der Waals surface area contributed by atoms with Gasteiger partial charge in [-0.15, -0.1) is 0 Å². The van der Waals surface area contributed by atoms with Crippen LogP contribution in [0.1, 0.15) is 17.0 Å². The summed E-state index contributed by atoms with van der Waals surface area (Å²) in [5.74, 6) is 0.0770. The molecule has 1 aliphatic rings. The number of aryl methyl sites for hydroxylation is 1. The van der Waals surface area contributed by atoms with E-state index in [2.05, 4.69) is 5.10 Å². The Morgan fingerprint density at radius 1 is 1.03 bits per heavy atom. The first kappa shape index (κ1) is 20.8. The highest BCUT2D eigenvalue weighted by Crippen LogP contribution is 2.19. The summed E-state index contributed by atoms with van der Waals surface area (Å²) in [4.78, 5) is 30.3. The van der Waals surface area contributed by atoms with Gasteiger partial charge in [-0.1, -0.05) is 18.2 Å². The number of benzene rings is 1. The summed E-state index contributed by atoms with van der Waals surface area (Å²) in [7, 11) is 3.76. The van der Waals surface area contributed by atoms with Gasteiger partial charge < -0.3 is 14.7 Å². The highest BCUT2D eigenvalue weighted by Gasteiger charge is 2.23. The first-order valence-corrected chi connectivity index (χ1v) is 9.88. The molecule has 0 bridgehead atoms. The molecule has 154 valence electrons. The number of carbonyl (C=O) groups excluding carboxylic acids is 2. The van der Waals surface area contributed by atoms with E-state index in [0.717, 1.165) is 22.6 Å². The lowest BCUT2D eigenvalue weighted by molar-refractivity contribution is -0.137. The van der Waals surface area contributed by atoms with Crippen LogP contribution >= 0.6 is 0 Å². The summed E-state index contributed by atoms with van der Waals surface area (Å²) in [6.07, 6.45) is 3.46. The smallest absolute Gasteiger partial charge is 0.246 e. The van der Waals surface area contributed by atoms with Crippen LogP contribution in [0.2, 0.25) is 0 Å². The van der Waals surface area contributed by atoms with E-state index in [1.165, 1.54) is 0 Å². The number of hydrogen-bond donors (Lipinski definition) is 0. The van der Waals surface area contributed by atoms with Gasteiger partial charge in [-0.3, -0.25) is 9.59 Å². The van der Waals surface area contributed by atoms with Crippen LogP contribution in [0.4, 0.5) is 0 Å². The molecule has 1 aliphatic heterocycles. The molecule has 0 spiro atoms. The number of rotatable bonds is 5. The van der Waals surface area contributed by atoms with Crippen molar-refractivity contribution >= 4 is 17.9 Å². The Labute approximate surface area is 172 Å². The average molecular weight is 396 g/mol. The molecule has 1 saturated heterocycles. The second-order valence-electron chi connectivity index (χ2n) is 7.61. The Kier molecular flexibility index (Phi) is 6.49. The van der Waals surface area contributed by atoms with E-state index in [0.29, 0.717) is 32.7 Å². The minimum absolute atomic E-state index is 0.0315. The minimum Gasteiger partial charge on any atom is -0.338 e. The first-order valence-electron chi connectivity index (χ1n) is 9.88. The fourth-order valence-electron chi connectivity index (χ4n) is 3.52. The molecule has 1 aromatic carbocycles. The zero-order valence-corrected chi connectivity index (χ0v) is 17.6. The maximum absolute atomic E-state index is 12.6. The Bertz CT molecular complexity index is 893. The van der Waals surface area contributed by atoms with Gasteiger partial charge in [0.15, 0.2) is 0 Å². The highest BCUT2D eigenvalue weighted by molar-refractivity contribution is 5.92. The summed E-state index contributed by atoms with van der Waals surface area (Å²) in [6.45, 7) is 6.63.